The molecule has 4 unspecified atom stereocenters. The van der Waals surface area contributed by atoms with E-state index in [0.29, 0.717) is 18.4 Å². The van der Waals surface area contributed by atoms with Gasteiger partial charge >= 0.3 is 6.01 Å². The van der Waals surface area contributed by atoms with Crippen LogP contribution in [0.15, 0.2) is 11.0 Å². The van der Waals surface area contributed by atoms with Crippen molar-refractivity contribution < 1.29 is 14.6 Å². The van der Waals surface area contributed by atoms with E-state index < -0.39 is 12.2 Å². The lowest BCUT2D eigenvalue weighted by Crippen LogP contribution is -2.42. The van der Waals surface area contributed by atoms with Gasteiger partial charge < -0.3 is 14.6 Å². The Morgan fingerprint density at radius 3 is 2.80 bits per heavy atom. The Kier molecular flexibility index (Phi) is 4.45. The summed E-state index contributed by atoms with van der Waals surface area (Å²) >= 11 is 0. The number of rotatable bonds is 5. The lowest BCUT2D eigenvalue weighted by atomic mass is 10.0. The molecule has 0 spiro atoms. The predicted molar refractivity (Wildman–Crippen MR) is 74.1 cm³/mol. The molecule has 0 aliphatic carbocycles. The Balaban J connectivity index is 2.29. The van der Waals surface area contributed by atoms with E-state index in [-0.39, 0.29) is 23.7 Å². The molecule has 0 amide bonds. The Hall–Kier alpha value is -1.40. The van der Waals surface area contributed by atoms with Crippen molar-refractivity contribution in [3.63, 3.8) is 0 Å². The second kappa shape index (κ2) is 5.93. The Bertz CT molecular complexity index is 524. The summed E-state index contributed by atoms with van der Waals surface area (Å²) in [5.74, 6) is 0. The van der Waals surface area contributed by atoms with Crippen molar-refractivity contribution in [3.8, 4) is 6.01 Å². The van der Waals surface area contributed by atoms with Crippen LogP contribution in [0.4, 0.5) is 0 Å². The summed E-state index contributed by atoms with van der Waals surface area (Å²) in [6.45, 7) is 5.80. The van der Waals surface area contributed by atoms with Crippen LogP contribution in [0, 0.1) is 0 Å². The molecule has 1 aromatic rings. The van der Waals surface area contributed by atoms with Crippen LogP contribution < -0.4 is 10.3 Å². The molecule has 0 radical (unpaired) electrons. The molecular formula is C14H22N2O4. The summed E-state index contributed by atoms with van der Waals surface area (Å²) in [5.41, 5.74) is 0.387. The van der Waals surface area contributed by atoms with E-state index in [2.05, 4.69) is 4.98 Å². The van der Waals surface area contributed by atoms with Crippen molar-refractivity contribution >= 4 is 0 Å². The highest BCUT2D eigenvalue weighted by molar-refractivity contribution is 5.16. The Morgan fingerprint density at radius 1 is 1.55 bits per heavy atom. The molecule has 20 heavy (non-hydrogen) atoms. The highest BCUT2D eigenvalue weighted by atomic mass is 16.5. The van der Waals surface area contributed by atoms with Gasteiger partial charge in [0.05, 0.1) is 12.1 Å². The van der Waals surface area contributed by atoms with Crippen molar-refractivity contribution in [2.45, 2.75) is 58.0 Å². The molecule has 2 heterocycles. The number of aromatic nitrogens is 2. The van der Waals surface area contributed by atoms with Crippen LogP contribution in [0.2, 0.25) is 0 Å². The predicted octanol–water partition coefficient (Wildman–Crippen LogP) is 0.914. The molecule has 0 fully saturated rings. The zero-order valence-corrected chi connectivity index (χ0v) is 12.4. The first-order chi connectivity index (χ1) is 9.53. The lowest BCUT2D eigenvalue weighted by Gasteiger charge is -2.26. The maximum atomic E-state index is 11.7. The Morgan fingerprint density at radius 2 is 2.25 bits per heavy atom. The summed E-state index contributed by atoms with van der Waals surface area (Å²) in [4.78, 5) is 15.7. The molecule has 0 saturated heterocycles. The normalized spacial score (nSPS) is 24.1. The molecule has 6 heteroatoms. The highest BCUT2D eigenvalue weighted by Crippen LogP contribution is 2.31. The van der Waals surface area contributed by atoms with Crippen molar-refractivity contribution in [2.75, 3.05) is 7.11 Å². The van der Waals surface area contributed by atoms with E-state index in [4.69, 9.17) is 9.47 Å². The van der Waals surface area contributed by atoms with Gasteiger partial charge in [-0.05, 0) is 19.8 Å². The van der Waals surface area contributed by atoms with Crippen LogP contribution in [-0.4, -0.2) is 40.1 Å². The topological polar surface area (TPSA) is 73.6 Å². The van der Waals surface area contributed by atoms with Crippen molar-refractivity contribution in [1.29, 1.82) is 0 Å². The molecular weight excluding hydrogens is 260 g/mol. The second-order valence-electron chi connectivity index (χ2n) is 5.11. The molecule has 1 aromatic heterocycles. The quantitative estimate of drug-likeness (QED) is 0.869. The summed E-state index contributed by atoms with van der Waals surface area (Å²) in [7, 11) is 1.57. The van der Waals surface area contributed by atoms with Gasteiger partial charge in [0.2, 0.25) is 0 Å². The molecule has 1 aliphatic rings. The molecule has 4 atom stereocenters. The summed E-state index contributed by atoms with van der Waals surface area (Å²) in [6, 6.07) is 0.178. The molecule has 0 aromatic carbocycles. The van der Waals surface area contributed by atoms with E-state index in [1.165, 1.54) is 0 Å². The van der Waals surface area contributed by atoms with Gasteiger partial charge in [-0.15, -0.1) is 0 Å². The number of methoxy groups -OCH3 is 1. The van der Waals surface area contributed by atoms with Gasteiger partial charge in [0.25, 0.3) is 5.56 Å². The molecule has 1 aliphatic heterocycles. The monoisotopic (exact) mass is 282 g/mol. The van der Waals surface area contributed by atoms with Gasteiger partial charge in [0.15, 0.2) is 6.10 Å². The number of ether oxygens (including phenoxy) is 2. The first-order valence-corrected chi connectivity index (χ1v) is 7.03. The van der Waals surface area contributed by atoms with Gasteiger partial charge in [-0.25, -0.2) is 0 Å². The third kappa shape index (κ3) is 2.45. The molecule has 0 saturated carbocycles. The zero-order chi connectivity index (χ0) is 14.9. The second-order valence-corrected chi connectivity index (χ2v) is 5.11. The SMILES string of the molecule is CCc1cn2c(nc1=O)OC(C(O)C(CC)OC)C2C. The first kappa shape index (κ1) is 15.0. The molecule has 2 rings (SSSR count). The summed E-state index contributed by atoms with van der Waals surface area (Å²) in [6.07, 6.45) is 1.57. The summed E-state index contributed by atoms with van der Waals surface area (Å²) in [5, 5.41) is 10.4. The van der Waals surface area contributed by atoms with Gasteiger partial charge in [-0.3, -0.25) is 9.36 Å². The largest absolute Gasteiger partial charge is 0.456 e. The third-order valence-corrected chi connectivity index (χ3v) is 3.95. The van der Waals surface area contributed by atoms with E-state index in [9.17, 15) is 9.90 Å². The van der Waals surface area contributed by atoms with E-state index in [0.717, 1.165) is 0 Å². The van der Waals surface area contributed by atoms with Crippen molar-refractivity contribution in [3.05, 3.63) is 22.1 Å². The maximum absolute atomic E-state index is 11.7. The van der Waals surface area contributed by atoms with Gasteiger partial charge in [-0.1, -0.05) is 13.8 Å². The minimum Gasteiger partial charge on any atom is -0.456 e. The number of aliphatic hydroxyl groups excluding tert-OH is 1. The number of aryl methyl sites for hydroxylation is 1. The fourth-order valence-electron chi connectivity index (χ4n) is 2.61. The lowest BCUT2D eigenvalue weighted by molar-refractivity contribution is -0.0691. The van der Waals surface area contributed by atoms with Gasteiger partial charge in [0, 0.05) is 18.9 Å². The molecule has 0 bridgehead atoms. The van der Waals surface area contributed by atoms with Crippen molar-refractivity contribution in [2.24, 2.45) is 0 Å². The first-order valence-electron chi connectivity index (χ1n) is 7.03. The van der Waals surface area contributed by atoms with E-state index in [1.54, 1.807) is 13.3 Å². The minimum atomic E-state index is -0.762. The van der Waals surface area contributed by atoms with Crippen LogP contribution in [0.1, 0.15) is 38.8 Å². The van der Waals surface area contributed by atoms with Crippen LogP contribution in [0.3, 0.4) is 0 Å². The van der Waals surface area contributed by atoms with Crippen LogP contribution >= 0.6 is 0 Å². The van der Waals surface area contributed by atoms with Crippen molar-refractivity contribution in [1.82, 2.24) is 9.55 Å². The fourth-order valence-corrected chi connectivity index (χ4v) is 2.61. The maximum Gasteiger partial charge on any atom is 0.300 e. The average molecular weight is 282 g/mol. The van der Waals surface area contributed by atoms with Crippen LogP contribution in [0.25, 0.3) is 0 Å². The number of hydrogen-bond acceptors (Lipinski definition) is 5. The fraction of sp³-hybridized carbons (Fsp3) is 0.714. The third-order valence-electron chi connectivity index (χ3n) is 3.95. The molecule has 112 valence electrons. The highest BCUT2D eigenvalue weighted by Gasteiger charge is 2.40. The number of aliphatic hydroxyl groups is 1. The van der Waals surface area contributed by atoms with E-state index >= 15 is 0 Å². The van der Waals surface area contributed by atoms with Crippen LogP contribution in [0.5, 0.6) is 6.01 Å². The van der Waals surface area contributed by atoms with Crippen LogP contribution in [-0.2, 0) is 11.2 Å². The zero-order valence-electron chi connectivity index (χ0n) is 12.4. The molecule has 1 N–H and O–H groups in total. The average Bonchev–Trinajstić information content (AvgIpc) is 2.75. The van der Waals surface area contributed by atoms with Gasteiger partial charge in [-0.2, -0.15) is 4.98 Å². The number of nitrogens with zero attached hydrogens (tertiary/aromatic N) is 2. The Labute approximate surface area is 118 Å². The number of hydrogen-bond donors (Lipinski definition) is 1. The summed E-state index contributed by atoms with van der Waals surface area (Å²) < 4.78 is 12.8. The smallest absolute Gasteiger partial charge is 0.300 e. The van der Waals surface area contributed by atoms with E-state index in [1.807, 2.05) is 25.3 Å². The standard InChI is InChI=1S/C14H22N2O4/c1-5-9-7-16-8(3)12(11(17)10(6-2)19-4)20-14(16)15-13(9)18/h7-8,10-12,17H,5-6H2,1-4H3. The minimum absolute atomic E-state index is 0.0948. The molecule has 6 nitrogen and oxygen atoms in total. The van der Waals surface area contributed by atoms with Gasteiger partial charge in [0.1, 0.15) is 6.10 Å². The number of fused-ring (bicyclic) bond motifs is 1.